The summed E-state index contributed by atoms with van der Waals surface area (Å²) in [5.74, 6) is 2.10. The van der Waals surface area contributed by atoms with Crippen LogP contribution in [-0.2, 0) is 13.0 Å². The second-order valence-corrected chi connectivity index (χ2v) is 7.62. The zero-order chi connectivity index (χ0) is 19.9. The Morgan fingerprint density at radius 1 is 1.29 bits per heavy atom. The molecular weight excluding hydrogens is 374 g/mol. The highest BCUT2D eigenvalue weighted by molar-refractivity contribution is 7.98. The maximum absolute atomic E-state index is 12.3. The van der Waals surface area contributed by atoms with Crippen molar-refractivity contribution >= 4 is 17.7 Å². The number of hydrogen-bond donors (Lipinski definition) is 1. The topological polar surface area (TPSA) is 90.5 Å². The molecule has 1 N–H and O–H groups in total. The van der Waals surface area contributed by atoms with E-state index in [1.165, 1.54) is 0 Å². The molecule has 0 unspecified atom stereocenters. The minimum absolute atomic E-state index is 0.127. The summed E-state index contributed by atoms with van der Waals surface area (Å²) in [6.45, 7) is 5.84. The largest absolute Gasteiger partial charge is 0.352 e. The van der Waals surface area contributed by atoms with E-state index < -0.39 is 0 Å². The van der Waals surface area contributed by atoms with Crippen molar-refractivity contribution in [2.75, 3.05) is 12.8 Å². The molecule has 3 aromatic heterocycles. The van der Waals surface area contributed by atoms with Gasteiger partial charge in [0.2, 0.25) is 0 Å². The van der Waals surface area contributed by atoms with Gasteiger partial charge in [-0.25, -0.2) is 9.97 Å². The summed E-state index contributed by atoms with van der Waals surface area (Å²) < 4.78 is 3.97. The zero-order valence-electron chi connectivity index (χ0n) is 16.4. The SMILES string of the molecule is CSc1nnc(CCCNC(=O)c2ccc(-n3ccnc3)nc2)n1CC(C)C. The van der Waals surface area contributed by atoms with Crippen LogP contribution in [0.1, 0.15) is 36.5 Å². The average molecular weight is 400 g/mol. The Morgan fingerprint density at radius 2 is 2.14 bits per heavy atom. The van der Waals surface area contributed by atoms with Gasteiger partial charge in [-0.1, -0.05) is 25.6 Å². The number of imidazole rings is 1. The van der Waals surface area contributed by atoms with Crippen LogP contribution in [0.3, 0.4) is 0 Å². The summed E-state index contributed by atoms with van der Waals surface area (Å²) >= 11 is 1.61. The van der Waals surface area contributed by atoms with Gasteiger partial charge in [0.15, 0.2) is 5.16 Å². The fourth-order valence-corrected chi connectivity index (χ4v) is 3.34. The summed E-state index contributed by atoms with van der Waals surface area (Å²) in [6, 6.07) is 3.57. The zero-order valence-corrected chi connectivity index (χ0v) is 17.2. The van der Waals surface area contributed by atoms with Crippen molar-refractivity contribution in [3.8, 4) is 5.82 Å². The predicted octanol–water partition coefficient (Wildman–Crippen LogP) is 2.60. The van der Waals surface area contributed by atoms with Crippen LogP contribution in [0.4, 0.5) is 0 Å². The molecule has 3 heterocycles. The Labute approximate surface area is 168 Å². The first-order valence-electron chi connectivity index (χ1n) is 9.27. The average Bonchev–Trinajstić information content (AvgIpc) is 3.35. The van der Waals surface area contributed by atoms with Gasteiger partial charge in [0.1, 0.15) is 18.0 Å². The molecule has 0 aliphatic carbocycles. The third-order valence-electron chi connectivity index (χ3n) is 4.17. The molecule has 9 heteroatoms. The van der Waals surface area contributed by atoms with Crippen molar-refractivity contribution < 1.29 is 4.79 Å². The van der Waals surface area contributed by atoms with Crippen molar-refractivity contribution in [1.29, 1.82) is 0 Å². The molecule has 148 valence electrons. The van der Waals surface area contributed by atoms with E-state index in [0.717, 1.165) is 36.2 Å². The molecule has 0 bridgehead atoms. The van der Waals surface area contributed by atoms with Crippen molar-refractivity contribution in [2.45, 2.75) is 38.4 Å². The highest BCUT2D eigenvalue weighted by Gasteiger charge is 2.13. The summed E-state index contributed by atoms with van der Waals surface area (Å²) in [6.07, 6.45) is 10.3. The molecule has 0 saturated carbocycles. The first-order chi connectivity index (χ1) is 13.6. The van der Waals surface area contributed by atoms with Gasteiger partial charge in [-0.15, -0.1) is 10.2 Å². The maximum Gasteiger partial charge on any atom is 0.252 e. The number of amides is 1. The Hall–Kier alpha value is -2.68. The molecule has 0 aliphatic heterocycles. The molecule has 0 saturated heterocycles. The van der Waals surface area contributed by atoms with Gasteiger partial charge >= 0.3 is 0 Å². The van der Waals surface area contributed by atoms with E-state index in [1.54, 1.807) is 47.2 Å². The molecule has 3 aromatic rings. The maximum atomic E-state index is 12.3. The standard InChI is InChI=1S/C19H25N7OS/c1-14(2)12-26-17(23-24-19(26)28-3)5-4-8-21-18(27)15-6-7-16(22-11-15)25-10-9-20-13-25/h6-7,9-11,13-14H,4-5,8,12H2,1-3H3,(H,21,27). The highest BCUT2D eigenvalue weighted by Crippen LogP contribution is 2.16. The Morgan fingerprint density at radius 3 is 2.79 bits per heavy atom. The molecule has 1 amide bonds. The number of nitrogens with zero attached hydrogens (tertiary/aromatic N) is 6. The van der Waals surface area contributed by atoms with Crippen LogP contribution in [0.25, 0.3) is 5.82 Å². The van der Waals surface area contributed by atoms with E-state index in [0.29, 0.717) is 18.0 Å². The van der Waals surface area contributed by atoms with E-state index in [9.17, 15) is 4.79 Å². The van der Waals surface area contributed by atoms with Crippen LogP contribution in [0, 0.1) is 5.92 Å². The van der Waals surface area contributed by atoms with Gasteiger partial charge in [-0.2, -0.15) is 0 Å². The molecule has 0 atom stereocenters. The molecule has 0 aromatic carbocycles. The van der Waals surface area contributed by atoms with Gasteiger partial charge in [-0.05, 0) is 30.7 Å². The smallest absolute Gasteiger partial charge is 0.252 e. The quantitative estimate of drug-likeness (QED) is 0.439. The number of nitrogens with one attached hydrogen (secondary N) is 1. The fourth-order valence-electron chi connectivity index (χ4n) is 2.82. The number of aromatic nitrogens is 6. The van der Waals surface area contributed by atoms with Crippen LogP contribution < -0.4 is 5.32 Å². The van der Waals surface area contributed by atoms with Crippen molar-refractivity contribution in [2.24, 2.45) is 5.92 Å². The van der Waals surface area contributed by atoms with Crippen LogP contribution in [0.2, 0.25) is 0 Å². The Kier molecular flexibility index (Phi) is 6.80. The van der Waals surface area contributed by atoms with Crippen molar-refractivity contribution in [1.82, 2.24) is 34.6 Å². The molecule has 0 radical (unpaired) electrons. The minimum atomic E-state index is -0.127. The molecule has 0 fully saturated rings. The first-order valence-corrected chi connectivity index (χ1v) is 10.5. The lowest BCUT2D eigenvalue weighted by atomic mass is 10.2. The van der Waals surface area contributed by atoms with Crippen LogP contribution in [-0.4, -0.2) is 48.0 Å². The van der Waals surface area contributed by atoms with Crippen LogP contribution in [0.15, 0.2) is 42.2 Å². The predicted molar refractivity (Wildman–Crippen MR) is 109 cm³/mol. The lowest BCUT2D eigenvalue weighted by molar-refractivity contribution is 0.0953. The summed E-state index contributed by atoms with van der Waals surface area (Å²) in [5, 5.41) is 12.4. The normalized spacial score (nSPS) is 11.1. The number of aryl methyl sites for hydroxylation is 1. The Bertz CT molecular complexity index is 888. The van der Waals surface area contributed by atoms with Gasteiger partial charge < -0.3 is 9.88 Å². The number of rotatable bonds is 9. The van der Waals surface area contributed by atoms with E-state index in [1.807, 2.05) is 12.5 Å². The minimum Gasteiger partial charge on any atom is -0.352 e. The Balaban J connectivity index is 1.50. The molecular formula is C19H25N7OS. The third-order valence-corrected chi connectivity index (χ3v) is 4.83. The number of carbonyl (C=O) groups is 1. The van der Waals surface area contributed by atoms with E-state index >= 15 is 0 Å². The number of carbonyl (C=O) groups excluding carboxylic acids is 1. The van der Waals surface area contributed by atoms with E-state index in [2.05, 4.69) is 43.9 Å². The number of thioether (sulfide) groups is 1. The highest BCUT2D eigenvalue weighted by atomic mass is 32.2. The third kappa shape index (κ3) is 4.98. The van der Waals surface area contributed by atoms with Gasteiger partial charge in [0.05, 0.1) is 5.56 Å². The van der Waals surface area contributed by atoms with Crippen molar-refractivity contribution in [3.05, 3.63) is 48.4 Å². The van der Waals surface area contributed by atoms with Gasteiger partial charge in [-0.3, -0.25) is 9.36 Å². The molecule has 0 spiro atoms. The fraction of sp³-hybridized carbons (Fsp3) is 0.421. The lowest BCUT2D eigenvalue weighted by Crippen LogP contribution is -2.25. The van der Waals surface area contributed by atoms with Crippen LogP contribution >= 0.6 is 11.8 Å². The molecule has 0 aliphatic rings. The first kappa shape index (κ1) is 20.1. The van der Waals surface area contributed by atoms with E-state index in [-0.39, 0.29) is 5.91 Å². The summed E-state index contributed by atoms with van der Waals surface area (Å²) in [7, 11) is 0. The number of pyridine rings is 1. The molecule has 8 nitrogen and oxygen atoms in total. The van der Waals surface area contributed by atoms with E-state index in [4.69, 9.17) is 0 Å². The summed E-state index contributed by atoms with van der Waals surface area (Å²) in [4.78, 5) is 20.6. The second-order valence-electron chi connectivity index (χ2n) is 6.84. The molecule has 3 rings (SSSR count). The lowest BCUT2D eigenvalue weighted by Gasteiger charge is -2.11. The van der Waals surface area contributed by atoms with Crippen molar-refractivity contribution in [3.63, 3.8) is 0 Å². The van der Waals surface area contributed by atoms with Crippen LogP contribution in [0.5, 0.6) is 0 Å². The van der Waals surface area contributed by atoms with Gasteiger partial charge in [0.25, 0.3) is 5.91 Å². The van der Waals surface area contributed by atoms with Gasteiger partial charge in [0, 0.05) is 38.1 Å². The number of hydrogen-bond acceptors (Lipinski definition) is 6. The summed E-state index contributed by atoms with van der Waals surface area (Å²) in [5.41, 5.74) is 0.538. The monoisotopic (exact) mass is 399 g/mol. The molecule has 28 heavy (non-hydrogen) atoms. The second kappa shape index (κ2) is 9.50.